The molecule has 1 rings (SSSR count). The molecular formula is C11H24N2O2. The van der Waals surface area contributed by atoms with Gasteiger partial charge in [-0.25, -0.2) is 0 Å². The molecule has 0 spiro atoms. The van der Waals surface area contributed by atoms with Crippen molar-refractivity contribution in [2.24, 2.45) is 5.41 Å². The number of aliphatic hydroxyl groups excluding tert-OH is 2. The van der Waals surface area contributed by atoms with E-state index in [1.165, 1.54) is 0 Å². The number of likely N-dealkylation sites (N-methyl/N-ethyl adjacent to an activating group) is 1. The molecule has 2 N–H and O–H groups in total. The van der Waals surface area contributed by atoms with Crippen molar-refractivity contribution in [3.63, 3.8) is 0 Å². The molecule has 0 aromatic rings. The van der Waals surface area contributed by atoms with E-state index in [1.807, 2.05) is 6.92 Å². The number of hydrogen-bond donors (Lipinski definition) is 2. The quantitative estimate of drug-likeness (QED) is 0.657. The summed E-state index contributed by atoms with van der Waals surface area (Å²) in [7, 11) is 2.13. The van der Waals surface area contributed by atoms with Crippen LogP contribution in [0.1, 0.15) is 13.3 Å². The lowest BCUT2D eigenvalue weighted by atomic mass is 9.86. The zero-order chi connectivity index (χ0) is 11.3. The van der Waals surface area contributed by atoms with Gasteiger partial charge in [-0.15, -0.1) is 0 Å². The van der Waals surface area contributed by atoms with E-state index >= 15 is 0 Å². The minimum atomic E-state index is -0.310. The minimum Gasteiger partial charge on any atom is -0.396 e. The number of piperazine rings is 1. The van der Waals surface area contributed by atoms with Crippen molar-refractivity contribution in [1.82, 2.24) is 9.80 Å². The van der Waals surface area contributed by atoms with Crippen molar-refractivity contribution in [3.8, 4) is 0 Å². The van der Waals surface area contributed by atoms with Gasteiger partial charge in [-0.1, -0.05) is 6.92 Å². The largest absolute Gasteiger partial charge is 0.396 e. The highest BCUT2D eigenvalue weighted by atomic mass is 16.3. The highest BCUT2D eigenvalue weighted by Gasteiger charge is 2.30. The predicted molar refractivity (Wildman–Crippen MR) is 60.8 cm³/mol. The van der Waals surface area contributed by atoms with Gasteiger partial charge >= 0.3 is 0 Å². The number of nitrogens with zero attached hydrogens (tertiary/aromatic N) is 2. The van der Waals surface area contributed by atoms with E-state index in [0.717, 1.165) is 39.1 Å². The summed E-state index contributed by atoms with van der Waals surface area (Å²) in [6.07, 6.45) is 0.826. The normalized spacial score (nSPS) is 20.8. The van der Waals surface area contributed by atoms with Crippen LogP contribution in [0.15, 0.2) is 0 Å². The van der Waals surface area contributed by atoms with Gasteiger partial charge in [0, 0.05) is 38.1 Å². The lowest BCUT2D eigenvalue weighted by Crippen LogP contribution is -2.50. The Kier molecular flexibility index (Phi) is 4.99. The summed E-state index contributed by atoms with van der Waals surface area (Å²) in [4.78, 5) is 4.65. The van der Waals surface area contributed by atoms with Crippen LogP contribution in [0.25, 0.3) is 0 Å². The summed E-state index contributed by atoms with van der Waals surface area (Å²) in [5.74, 6) is 0. The molecule has 90 valence electrons. The van der Waals surface area contributed by atoms with Crippen molar-refractivity contribution in [2.75, 3.05) is 53.0 Å². The summed E-state index contributed by atoms with van der Waals surface area (Å²) in [5.41, 5.74) is -0.310. The van der Waals surface area contributed by atoms with Crippen LogP contribution in [0.3, 0.4) is 0 Å². The second-order valence-electron chi connectivity index (χ2n) is 4.75. The van der Waals surface area contributed by atoms with E-state index in [9.17, 15) is 10.2 Å². The molecule has 1 saturated heterocycles. The summed E-state index contributed by atoms with van der Waals surface area (Å²) in [5, 5.41) is 18.7. The first-order chi connectivity index (χ1) is 7.15. The highest BCUT2D eigenvalue weighted by molar-refractivity contribution is 4.82. The molecule has 1 aliphatic rings. The second-order valence-corrected chi connectivity index (χ2v) is 4.75. The van der Waals surface area contributed by atoms with Crippen molar-refractivity contribution >= 4 is 0 Å². The van der Waals surface area contributed by atoms with Crippen LogP contribution < -0.4 is 0 Å². The van der Waals surface area contributed by atoms with Crippen LogP contribution in [0, 0.1) is 5.41 Å². The highest BCUT2D eigenvalue weighted by Crippen LogP contribution is 2.22. The van der Waals surface area contributed by atoms with Crippen molar-refractivity contribution in [3.05, 3.63) is 0 Å². The molecule has 0 bridgehead atoms. The van der Waals surface area contributed by atoms with Crippen LogP contribution in [0.4, 0.5) is 0 Å². The molecule has 0 aromatic carbocycles. The Morgan fingerprint density at radius 1 is 1.07 bits per heavy atom. The van der Waals surface area contributed by atoms with E-state index in [4.69, 9.17) is 0 Å². The molecule has 1 aliphatic heterocycles. The van der Waals surface area contributed by atoms with Crippen LogP contribution >= 0.6 is 0 Å². The topological polar surface area (TPSA) is 46.9 Å². The molecule has 1 fully saturated rings. The fourth-order valence-electron chi connectivity index (χ4n) is 1.97. The van der Waals surface area contributed by atoms with Crippen LogP contribution in [0.2, 0.25) is 0 Å². The Labute approximate surface area is 92.5 Å². The standard InChI is InChI=1S/C11H24N2O2/c1-3-11(9-14,10-15)8-13-6-4-12(2)5-7-13/h14-15H,3-10H2,1-2H3. The zero-order valence-electron chi connectivity index (χ0n) is 9.95. The number of rotatable bonds is 5. The first kappa shape index (κ1) is 12.9. The zero-order valence-corrected chi connectivity index (χ0v) is 9.95. The first-order valence-corrected chi connectivity index (χ1v) is 5.78. The maximum atomic E-state index is 9.36. The minimum absolute atomic E-state index is 0.0757. The molecule has 0 amide bonds. The summed E-state index contributed by atoms with van der Waals surface area (Å²) < 4.78 is 0. The Morgan fingerprint density at radius 3 is 2.00 bits per heavy atom. The monoisotopic (exact) mass is 216 g/mol. The Bertz CT molecular complexity index is 167. The third kappa shape index (κ3) is 3.41. The number of aliphatic hydroxyl groups is 2. The maximum absolute atomic E-state index is 9.36. The first-order valence-electron chi connectivity index (χ1n) is 5.78. The Hall–Kier alpha value is -0.160. The average Bonchev–Trinajstić information content (AvgIpc) is 2.29. The average molecular weight is 216 g/mol. The van der Waals surface area contributed by atoms with Gasteiger partial charge in [0.2, 0.25) is 0 Å². The smallest absolute Gasteiger partial charge is 0.0521 e. The number of hydrogen-bond acceptors (Lipinski definition) is 4. The van der Waals surface area contributed by atoms with Crippen molar-refractivity contribution in [2.45, 2.75) is 13.3 Å². The van der Waals surface area contributed by atoms with Gasteiger partial charge in [-0.3, -0.25) is 0 Å². The van der Waals surface area contributed by atoms with Crippen LogP contribution in [-0.4, -0.2) is 73.0 Å². The fourth-order valence-corrected chi connectivity index (χ4v) is 1.97. The molecule has 4 heteroatoms. The predicted octanol–water partition coefficient (Wildman–Crippen LogP) is -0.385. The SMILES string of the molecule is CCC(CO)(CO)CN1CCN(C)CC1. The van der Waals surface area contributed by atoms with Gasteiger partial charge in [0.15, 0.2) is 0 Å². The fraction of sp³-hybridized carbons (Fsp3) is 1.00. The van der Waals surface area contributed by atoms with E-state index in [-0.39, 0.29) is 18.6 Å². The lowest BCUT2D eigenvalue weighted by molar-refractivity contribution is 0.00684. The Morgan fingerprint density at radius 2 is 1.60 bits per heavy atom. The van der Waals surface area contributed by atoms with Gasteiger partial charge < -0.3 is 20.0 Å². The van der Waals surface area contributed by atoms with Gasteiger partial charge in [0.25, 0.3) is 0 Å². The van der Waals surface area contributed by atoms with E-state index in [2.05, 4.69) is 16.8 Å². The molecule has 4 nitrogen and oxygen atoms in total. The molecule has 0 radical (unpaired) electrons. The molecule has 0 atom stereocenters. The molecule has 0 aliphatic carbocycles. The molecule has 0 unspecified atom stereocenters. The maximum Gasteiger partial charge on any atom is 0.0521 e. The molecule has 0 aromatic heterocycles. The van der Waals surface area contributed by atoms with E-state index < -0.39 is 0 Å². The lowest BCUT2D eigenvalue weighted by Gasteiger charge is -2.39. The van der Waals surface area contributed by atoms with Crippen LogP contribution in [0.5, 0.6) is 0 Å². The molecular weight excluding hydrogens is 192 g/mol. The van der Waals surface area contributed by atoms with Gasteiger partial charge in [0.05, 0.1) is 13.2 Å². The molecule has 0 saturated carbocycles. The Balaban J connectivity index is 2.44. The third-order valence-corrected chi connectivity index (χ3v) is 3.58. The van der Waals surface area contributed by atoms with Gasteiger partial charge in [0.1, 0.15) is 0 Å². The second kappa shape index (κ2) is 5.80. The molecule has 15 heavy (non-hydrogen) atoms. The van der Waals surface area contributed by atoms with Crippen molar-refractivity contribution in [1.29, 1.82) is 0 Å². The van der Waals surface area contributed by atoms with Crippen LogP contribution in [-0.2, 0) is 0 Å². The third-order valence-electron chi connectivity index (χ3n) is 3.58. The summed E-state index contributed by atoms with van der Waals surface area (Å²) in [6.45, 7) is 7.23. The van der Waals surface area contributed by atoms with E-state index in [1.54, 1.807) is 0 Å². The summed E-state index contributed by atoms with van der Waals surface area (Å²) in [6, 6.07) is 0. The summed E-state index contributed by atoms with van der Waals surface area (Å²) >= 11 is 0. The van der Waals surface area contributed by atoms with Crippen molar-refractivity contribution < 1.29 is 10.2 Å². The van der Waals surface area contributed by atoms with E-state index in [0.29, 0.717) is 0 Å². The van der Waals surface area contributed by atoms with Gasteiger partial charge in [-0.05, 0) is 13.5 Å². The van der Waals surface area contributed by atoms with Gasteiger partial charge in [-0.2, -0.15) is 0 Å². The molecule has 1 heterocycles.